The van der Waals surface area contributed by atoms with E-state index in [4.69, 9.17) is 4.42 Å². The van der Waals surface area contributed by atoms with Gasteiger partial charge in [0.15, 0.2) is 0 Å². The van der Waals surface area contributed by atoms with E-state index in [-0.39, 0.29) is 11.9 Å². The quantitative estimate of drug-likeness (QED) is 0.887. The molecular weight excluding hydrogens is 264 g/mol. The third kappa shape index (κ3) is 3.52. The maximum absolute atomic E-state index is 12.3. The molecule has 1 aliphatic rings. The third-order valence-electron chi connectivity index (χ3n) is 3.86. The topological polar surface area (TPSA) is 54.3 Å². The van der Waals surface area contributed by atoms with E-state index in [1.165, 1.54) is 0 Å². The van der Waals surface area contributed by atoms with Crippen molar-refractivity contribution in [2.75, 3.05) is 6.54 Å². The van der Waals surface area contributed by atoms with E-state index in [1.54, 1.807) is 6.26 Å². The minimum absolute atomic E-state index is 0.0552. The summed E-state index contributed by atoms with van der Waals surface area (Å²) in [6.45, 7) is 1.01. The number of rotatable bonds is 5. The smallest absolute Gasteiger partial charge is 0.222 e. The molecule has 21 heavy (non-hydrogen) atoms. The van der Waals surface area contributed by atoms with Crippen LogP contribution in [0.5, 0.6) is 0 Å². The van der Waals surface area contributed by atoms with Crippen molar-refractivity contribution in [3.8, 4) is 0 Å². The van der Waals surface area contributed by atoms with Crippen molar-refractivity contribution in [1.82, 2.24) is 10.6 Å². The molecule has 1 aromatic carbocycles. The summed E-state index contributed by atoms with van der Waals surface area (Å²) in [6, 6.07) is 13.7. The van der Waals surface area contributed by atoms with Gasteiger partial charge in [0.1, 0.15) is 11.8 Å². The summed E-state index contributed by atoms with van der Waals surface area (Å²) in [4.78, 5) is 12.3. The molecular formula is C17H20N2O2. The molecule has 2 N–H and O–H groups in total. The molecule has 1 amide bonds. The average Bonchev–Trinajstić information content (AvgIpc) is 3.19. The number of carbonyl (C=O) groups is 1. The number of hydrogen-bond donors (Lipinski definition) is 2. The van der Waals surface area contributed by atoms with Crippen LogP contribution < -0.4 is 10.6 Å². The van der Waals surface area contributed by atoms with Gasteiger partial charge in [-0.05, 0) is 37.1 Å². The van der Waals surface area contributed by atoms with Gasteiger partial charge in [-0.25, -0.2) is 0 Å². The Bertz CT molecular complexity index is 560. The van der Waals surface area contributed by atoms with E-state index in [2.05, 4.69) is 10.6 Å². The fourth-order valence-electron chi connectivity index (χ4n) is 2.79. The van der Waals surface area contributed by atoms with Crippen LogP contribution in [0.4, 0.5) is 0 Å². The highest BCUT2D eigenvalue weighted by Crippen LogP contribution is 2.22. The molecule has 3 rings (SSSR count). The van der Waals surface area contributed by atoms with Crippen LogP contribution in [-0.2, 0) is 4.79 Å². The standard InChI is InChI=1S/C17H20N2O2/c20-16(12-14-8-4-10-18-14)19-17(15-9-5-11-21-15)13-6-2-1-3-7-13/h1-3,5-7,9,11,14,17-18H,4,8,10,12H2,(H,19,20). The van der Waals surface area contributed by atoms with Gasteiger partial charge in [0.05, 0.1) is 6.26 Å². The summed E-state index contributed by atoms with van der Waals surface area (Å²) in [7, 11) is 0. The van der Waals surface area contributed by atoms with E-state index in [0.29, 0.717) is 12.5 Å². The number of furan rings is 1. The molecule has 2 aromatic rings. The normalized spacial score (nSPS) is 19.3. The Hall–Kier alpha value is -2.07. The first-order valence-corrected chi connectivity index (χ1v) is 7.44. The predicted molar refractivity (Wildman–Crippen MR) is 80.8 cm³/mol. The fourth-order valence-corrected chi connectivity index (χ4v) is 2.79. The van der Waals surface area contributed by atoms with Crippen LogP contribution >= 0.6 is 0 Å². The Morgan fingerprint density at radius 2 is 2.14 bits per heavy atom. The van der Waals surface area contributed by atoms with Crippen LogP contribution in [0.3, 0.4) is 0 Å². The molecule has 110 valence electrons. The van der Waals surface area contributed by atoms with Crippen LogP contribution in [0, 0.1) is 0 Å². The highest BCUT2D eigenvalue weighted by molar-refractivity contribution is 5.77. The Kier molecular flexibility index (Phi) is 4.36. The van der Waals surface area contributed by atoms with Gasteiger partial charge in [-0.2, -0.15) is 0 Å². The van der Waals surface area contributed by atoms with Crippen molar-refractivity contribution >= 4 is 5.91 Å². The summed E-state index contributed by atoms with van der Waals surface area (Å²) in [6.07, 6.45) is 4.38. The van der Waals surface area contributed by atoms with Crippen LogP contribution in [0.2, 0.25) is 0 Å². The van der Waals surface area contributed by atoms with Gasteiger partial charge in [-0.1, -0.05) is 30.3 Å². The Morgan fingerprint density at radius 3 is 2.81 bits per heavy atom. The summed E-state index contributed by atoms with van der Waals surface area (Å²) >= 11 is 0. The first kappa shape index (κ1) is 13.9. The summed E-state index contributed by atoms with van der Waals surface area (Å²) in [5.41, 5.74) is 1.03. The molecule has 2 unspecified atom stereocenters. The van der Waals surface area contributed by atoms with Crippen molar-refractivity contribution in [1.29, 1.82) is 0 Å². The SMILES string of the molecule is O=C(CC1CCCN1)NC(c1ccccc1)c1ccco1. The monoisotopic (exact) mass is 284 g/mol. The van der Waals surface area contributed by atoms with Crippen LogP contribution in [-0.4, -0.2) is 18.5 Å². The lowest BCUT2D eigenvalue weighted by molar-refractivity contribution is -0.122. The largest absolute Gasteiger partial charge is 0.467 e. The number of nitrogens with one attached hydrogen (secondary N) is 2. The fraction of sp³-hybridized carbons (Fsp3) is 0.353. The maximum Gasteiger partial charge on any atom is 0.222 e. The minimum Gasteiger partial charge on any atom is -0.467 e. The Morgan fingerprint density at radius 1 is 1.29 bits per heavy atom. The summed E-state index contributed by atoms with van der Waals surface area (Å²) in [5.74, 6) is 0.814. The molecule has 0 aliphatic carbocycles. The van der Waals surface area contributed by atoms with Gasteiger partial charge in [0.2, 0.25) is 5.91 Å². The van der Waals surface area contributed by atoms with Crippen molar-refractivity contribution in [3.63, 3.8) is 0 Å². The molecule has 1 aliphatic heterocycles. The van der Waals surface area contributed by atoms with E-state index in [9.17, 15) is 4.79 Å². The Labute approximate surface area is 124 Å². The zero-order chi connectivity index (χ0) is 14.5. The first-order valence-electron chi connectivity index (χ1n) is 7.44. The van der Waals surface area contributed by atoms with E-state index in [0.717, 1.165) is 30.7 Å². The molecule has 2 atom stereocenters. The lowest BCUT2D eigenvalue weighted by atomic mass is 10.0. The molecule has 1 saturated heterocycles. The second-order valence-corrected chi connectivity index (χ2v) is 5.42. The van der Waals surface area contributed by atoms with Gasteiger partial charge >= 0.3 is 0 Å². The van der Waals surface area contributed by atoms with Gasteiger partial charge in [0.25, 0.3) is 0 Å². The molecule has 0 bridgehead atoms. The van der Waals surface area contributed by atoms with E-state index in [1.807, 2.05) is 42.5 Å². The second-order valence-electron chi connectivity index (χ2n) is 5.42. The minimum atomic E-state index is -0.227. The molecule has 1 fully saturated rings. The molecule has 4 heteroatoms. The zero-order valence-corrected chi connectivity index (χ0v) is 11.9. The van der Waals surface area contributed by atoms with Crippen LogP contribution in [0.15, 0.2) is 53.1 Å². The maximum atomic E-state index is 12.3. The second kappa shape index (κ2) is 6.59. The van der Waals surface area contributed by atoms with Crippen LogP contribution in [0.25, 0.3) is 0 Å². The van der Waals surface area contributed by atoms with Gasteiger partial charge in [-0.3, -0.25) is 4.79 Å². The predicted octanol–water partition coefficient (Wildman–Crippen LogP) is 2.63. The van der Waals surface area contributed by atoms with Crippen molar-refractivity contribution in [2.45, 2.75) is 31.3 Å². The Balaban J connectivity index is 1.72. The van der Waals surface area contributed by atoms with Crippen molar-refractivity contribution in [2.24, 2.45) is 0 Å². The van der Waals surface area contributed by atoms with Gasteiger partial charge in [0, 0.05) is 12.5 Å². The lowest BCUT2D eigenvalue weighted by Crippen LogP contribution is -2.34. The third-order valence-corrected chi connectivity index (χ3v) is 3.86. The van der Waals surface area contributed by atoms with Crippen molar-refractivity contribution in [3.05, 3.63) is 60.1 Å². The number of hydrogen-bond acceptors (Lipinski definition) is 3. The van der Waals surface area contributed by atoms with E-state index >= 15 is 0 Å². The summed E-state index contributed by atoms with van der Waals surface area (Å²) in [5, 5.41) is 6.44. The van der Waals surface area contributed by atoms with Gasteiger partial charge in [-0.15, -0.1) is 0 Å². The highest BCUT2D eigenvalue weighted by Gasteiger charge is 2.22. The molecule has 0 spiro atoms. The van der Waals surface area contributed by atoms with E-state index < -0.39 is 0 Å². The first-order chi connectivity index (χ1) is 10.3. The zero-order valence-electron chi connectivity index (χ0n) is 11.9. The summed E-state index contributed by atoms with van der Waals surface area (Å²) < 4.78 is 5.49. The molecule has 0 saturated carbocycles. The number of amides is 1. The lowest BCUT2D eigenvalue weighted by Gasteiger charge is -2.18. The number of carbonyl (C=O) groups excluding carboxylic acids is 1. The molecule has 4 nitrogen and oxygen atoms in total. The average molecular weight is 284 g/mol. The molecule has 1 aromatic heterocycles. The molecule has 0 radical (unpaired) electrons. The highest BCUT2D eigenvalue weighted by atomic mass is 16.3. The van der Waals surface area contributed by atoms with Crippen molar-refractivity contribution < 1.29 is 9.21 Å². The molecule has 2 heterocycles. The number of benzene rings is 1. The van der Waals surface area contributed by atoms with Crippen LogP contribution in [0.1, 0.15) is 36.6 Å². The van der Waals surface area contributed by atoms with Gasteiger partial charge < -0.3 is 15.1 Å².